The smallest absolute Gasteiger partial charge is 0.156 e. The summed E-state index contributed by atoms with van der Waals surface area (Å²) >= 11 is 6.19. The number of pyridine rings is 1. The molecule has 0 aliphatic heterocycles. The number of halogens is 1. The number of benzene rings is 2. The molecule has 0 N–H and O–H groups in total. The van der Waals surface area contributed by atoms with Crippen molar-refractivity contribution < 1.29 is 9.53 Å². The van der Waals surface area contributed by atoms with Gasteiger partial charge in [-0.05, 0) is 71.5 Å². The number of fused-ring (bicyclic) bond motifs is 1. The standard InChI is InChI=1S/C22H18ClNO2/c1-26-19-5-2-14(3-6-19)15-10-16(12-18(25)11-15)20-8-9-24-22-7-4-17(23)13-21(20)22/h2-9,12-13,15H,10-11H2,1H3/t15-/m1/s1. The number of methoxy groups -OCH3 is 1. The van der Waals surface area contributed by atoms with Gasteiger partial charge in [0.1, 0.15) is 5.75 Å². The van der Waals surface area contributed by atoms with E-state index in [-0.39, 0.29) is 11.7 Å². The monoisotopic (exact) mass is 363 g/mol. The zero-order chi connectivity index (χ0) is 18.1. The van der Waals surface area contributed by atoms with Crippen molar-refractivity contribution in [3.8, 4) is 5.75 Å². The van der Waals surface area contributed by atoms with Crippen LogP contribution in [-0.2, 0) is 4.79 Å². The maximum Gasteiger partial charge on any atom is 0.156 e. The highest BCUT2D eigenvalue weighted by Gasteiger charge is 2.24. The van der Waals surface area contributed by atoms with Gasteiger partial charge in [0, 0.05) is 23.0 Å². The van der Waals surface area contributed by atoms with Gasteiger partial charge in [-0.15, -0.1) is 0 Å². The molecule has 4 rings (SSSR count). The van der Waals surface area contributed by atoms with Gasteiger partial charge in [0.25, 0.3) is 0 Å². The van der Waals surface area contributed by atoms with Crippen molar-refractivity contribution in [2.24, 2.45) is 0 Å². The highest BCUT2D eigenvalue weighted by Crippen LogP contribution is 2.38. The number of nitrogens with zero attached hydrogens (tertiary/aromatic N) is 1. The second-order valence-corrected chi connectivity index (χ2v) is 6.97. The Labute approximate surface area is 157 Å². The lowest BCUT2D eigenvalue weighted by Crippen LogP contribution is -2.12. The van der Waals surface area contributed by atoms with E-state index < -0.39 is 0 Å². The van der Waals surface area contributed by atoms with Gasteiger partial charge in [-0.2, -0.15) is 0 Å². The Hall–Kier alpha value is -2.65. The van der Waals surface area contributed by atoms with E-state index in [9.17, 15) is 4.79 Å². The first-order valence-electron chi connectivity index (χ1n) is 8.56. The third kappa shape index (κ3) is 3.23. The van der Waals surface area contributed by atoms with Crippen LogP contribution in [0.2, 0.25) is 5.02 Å². The molecule has 1 aliphatic rings. The fourth-order valence-electron chi connectivity index (χ4n) is 3.59. The summed E-state index contributed by atoms with van der Waals surface area (Å²) in [5.41, 5.74) is 4.11. The van der Waals surface area contributed by atoms with Crippen LogP contribution in [0.15, 0.2) is 60.8 Å². The molecule has 1 atom stereocenters. The van der Waals surface area contributed by atoms with Gasteiger partial charge < -0.3 is 4.74 Å². The van der Waals surface area contributed by atoms with Crippen LogP contribution in [0, 0.1) is 0 Å². The van der Waals surface area contributed by atoms with Crippen LogP contribution in [0.5, 0.6) is 5.75 Å². The van der Waals surface area contributed by atoms with E-state index in [2.05, 4.69) is 4.98 Å². The minimum atomic E-state index is 0.152. The molecule has 4 heteroatoms. The third-order valence-corrected chi connectivity index (χ3v) is 5.12. The van der Waals surface area contributed by atoms with Crippen LogP contribution in [0.3, 0.4) is 0 Å². The molecule has 3 aromatic rings. The number of allylic oxidation sites excluding steroid dienone is 2. The maximum absolute atomic E-state index is 12.4. The van der Waals surface area contributed by atoms with Crippen molar-refractivity contribution in [1.29, 1.82) is 0 Å². The number of hydrogen-bond acceptors (Lipinski definition) is 3. The molecule has 0 bridgehead atoms. The van der Waals surface area contributed by atoms with E-state index in [1.807, 2.05) is 48.5 Å². The first kappa shape index (κ1) is 16.8. The zero-order valence-corrected chi connectivity index (χ0v) is 15.2. The Balaban J connectivity index is 1.73. The summed E-state index contributed by atoms with van der Waals surface area (Å²) in [4.78, 5) is 16.8. The topological polar surface area (TPSA) is 39.2 Å². The van der Waals surface area contributed by atoms with Crippen molar-refractivity contribution in [3.05, 3.63) is 77.0 Å². The van der Waals surface area contributed by atoms with Crippen LogP contribution in [0.1, 0.15) is 29.9 Å². The molecule has 1 aromatic heterocycles. The molecule has 0 unspecified atom stereocenters. The molecule has 26 heavy (non-hydrogen) atoms. The number of ether oxygens (including phenoxy) is 1. The van der Waals surface area contributed by atoms with Crippen LogP contribution in [0.4, 0.5) is 0 Å². The lowest BCUT2D eigenvalue weighted by atomic mass is 9.80. The van der Waals surface area contributed by atoms with Gasteiger partial charge in [-0.25, -0.2) is 0 Å². The summed E-state index contributed by atoms with van der Waals surface area (Å²) in [5.74, 6) is 1.14. The van der Waals surface area contributed by atoms with E-state index in [4.69, 9.17) is 16.3 Å². The van der Waals surface area contributed by atoms with Gasteiger partial charge >= 0.3 is 0 Å². The molecule has 0 amide bonds. The number of ketones is 1. The Morgan fingerprint density at radius 1 is 1.08 bits per heavy atom. The number of hydrogen-bond donors (Lipinski definition) is 0. The molecule has 3 nitrogen and oxygen atoms in total. The van der Waals surface area contributed by atoms with Crippen LogP contribution < -0.4 is 4.74 Å². The number of carbonyl (C=O) groups is 1. The molecule has 0 spiro atoms. The predicted molar refractivity (Wildman–Crippen MR) is 105 cm³/mol. The Morgan fingerprint density at radius 3 is 2.65 bits per heavy atom. The highest BCUT2D eigenvalue weighted by atomic mass is 35.5. The number of rotatable bonds is 3. The van der Waals surface area contributed by atoms with Crippen molar-refractivity contribution in [3.63, 3.8) is 0 Å². The van der Waals surface area contributed by atoms with Crippen molar-refractivity contribution in [2.75, 3.05) is 7.11 Å². The van der Waals surface area contributed by atoms with Crippen molar-refractivity contribution >= 4 is 33.9 Å². The maximum atomic E-state index is 12.4. The fourth-order valence-corrected chi connectivity index (χ4v) is 3.76. The molecule has 1 heterocycles. The van der Waals surface area contributed by atoms with Gasteiger partial charge in [-0.3, -0.25) is 9.78 Å². The lowest BCUT2D eigenvalue weighted by molar-refractivity contribution is -0.115. The normalized spacial score (nSPS) is 17.2. The minimum Gasteiger partial charge on any atom is -0.497 e. The third-order valence-electron chi connectivity index (χ3n) is 4.89. The average molecular weight is 364 g/mol. The number of aromatic nitrogens is 1. The molecular formula is C22H18ClNO2. The predicted octanol–water partition coefficient (Wildman–Crippen LogP) is 5.43. The molecule has 0 fully saturated rings. The number of carbonyl (C=O) groups excluding carboxylic acids is 1. The molecule has 0 saturated carbocycles. The van der Waals surface area contributed by atoms with E-state index in [1.165, 1.54) is 0 Å². The van der Waals surface area contributed by atoms with Gasteiger partial charge in [0.05, 0.1) is 12.6 Å². The second-order valence-electron chi connectivity index (χ2n) is 6.53. The van der Waals surface area contributed by atoms with Crippen LogP contribution >= 0.6 is 11.6 Å². The summed E-state index contributed by atoms with van der Waals surface area (Å²) in [6.45, 7) is 0. The first-order valence-corrected chi connectivity index (χ1v) is 8.94. The Kier molecular flexibility index (Phi) is 4.48. The van der Waals surface area contributed by atoms with E-state index in [0.717, 1.165) is 39.8 Å². The van der Waals surface area contributed by atoms with Crippen LogP contribution in [-0.4, -0.2) is 17.9 Å². The molecule has 0 saturated heterocycles. The summed E-state index contributed by atoms with van der Waals surface area (Å²) in [6, 6.07) is 15.6. The molecular weight excluding hydrogens is 346 g/mol. The zero-order valence-electron chi connectivity index (χ0n) is 14.4. The molecule has 0 radical (unpaired) electrons. The minimum absolute atomic E-state index is 0.152. The average Bonchev–Trinajstić information content (AvgIpc) is 2.67. The molecule has 2 aromatic carbocycles. The van der Waals surface area contributed by atoms with E-state index >= 15 is 0 Å². The Morgan fingerprint density at radius 2 is 1.88 bits per heavy atom. The summed E-state index contributed by atoms with van der Waals surface area (Å²) in [5, 5.41) is 1.65. The first-order chi connectivity index (χ1) is 12.6. The molecule has 1 aliphatic carbocycles. The van der Waals surface area contributed by atoms with Crippen molar-refractivity contribution in [1.82, 2.24) is 4.98 Å². The summed E-state index contributed by atoms with van der Waals surface area (Å²) in [6.07, 6.45) is 4.90. The Bertz CT molecular complexity index is 1010. The van der Waals surface area contributed by atoms with Crippen molar-refractivity contribution in [2.45, 2.75) is 18.8 Å². The quantitative estimate of drug-likeness (QED) is 0.623. The highest BCUT2D eigenvalue weighted by molar-refractivity contribution is 6.31. The SMILES string of the molecule is COc1ccc([C@H]2CC(=O)C=C(c3ccnc4ccc(Cl)cc34)C2)cc1. The lowest BCUT2D eigenvalue weighted by Gasteiger charge is -2.23. The van der Waals surface area contributed by atoms with Gasteiger partial charge in [-0.1, -0.05) is 23.7 Å². The summed E-state index contributed by atoms with van der Waals surface area (Å²) in [7, 11) is 1.65. The van der Waals surface area contributed by atoms with Crippen LogP contribution in [0.25, 0.3) is 16.5 Å². The fraction of sp³-hybridized carbons (Fsp3) is 0.182. The summed E-state index contributed by atoms with van der Waals surface area (Å²) < 4.78 is 5.23. The second kappa shape index (κ2) is 6.93. The molecule has 130 valence electrons. The van der Waals surface area contributed by atoms with E-state index in [0.29, 0.717) is 11.4 Å². The van der Waals surface area contributed by atoms with E-state index in [1.54, 1.807) is 19.4 Å². The van der Waals surface area contributed by atoms with Gasteiger partial charge in [0.2, 0.25) is 0 Å². The largest absolute Gasteiger partial charge is 0.497 e. The van der Waals surface area contributed by atoms with Gasteiger partial charge in [0.15, 0.2) is 5.78 Å².